The van der Waals surface area contributed by atoms with Gasteiger partial charge in [0.1, 0.15) is 5.75 Å². The summed E-state index contributed by atoms with van der Waals surface area (Å²) >= 11 is 3.39. The van der Waals surface area contributed by atoms with Crippen LogP contribution in [-0.2, 0) is 6.54 Å². The first-order valence-corrected chi connectivity index (χ1v) is 10.7. The molecule has 32 heavy (non-hydrogen) atoms. The van der Waals surface area contributed by atoms with Gasteiger partial charge in [0.15, 0.2) is 5.58 Å². The number of hydrogen-bond donors (Lipinski definition) is 1. The van der Waals surface area contributed by atoms with E-state index in [4.69, 9.17) is 9.15 Å². The van der Waals surface area contributed by atoms with Crippen LogP contribution in [0.1, 0.15) is 10.4 Å². The largest absolute Gasteiger partial charge is 0.439 e. The van der Waals surface area contributed by atoms with Crippen LogP contribution in [-0.4, -0.2) is 41.0 Å². The molecule has 4 rings (SSSR count). The Hall–Kier alpha value is -3.43. The summed E-state index contributed by atoms with van der Waals surface area (Å²) in [4.78, 5) is 31.0. The van der Waals surface area contributed by atoms with Crippen LogP contribution in [0, 0.1) is 0 Å². The van der Waals surface area contributed by atoms with Gasteiger partial charge in [0, 0.05) is 35.5 Å². The Labute approximate surface area is 192 Å². The normalized spacial score (nSPS) is 11.1. The smallest absolute Gasteiger partial charge is 0.419 e. The molecule has 2 heterocycles. The number of carbonyl (C=O) groups is 1. The molecule has 2 aromatic heterocycles. The number of rotatable bonds is 7. The summed E-state index contributed by atoms with van der Waals surface area (Å²) in [5.74, 6) is 0.272. The van der Waals surface area contributed by atoms with Crippen molar-refractivity contribution in [3.05, 3.63) is 81.4 Å². The summed E-state index contributed by atoms with van der Waals surface area (Å²) in [6.45, 7) is 1.17. The van der Waals surface area contributed by atoms with E-state index >= 15 is 0 Å². The quantitative estimate of drug-likeness (QED) is 0.408. The van der Waals surface area contributed by atoms with Crippen LogP contribution in [0.25, 0.3) is 11.1 Å². The molecule has 0 unspecified atom stereocenters. The number of hydrogen-bond acceptors (Lipinski definition) is 6. The summed E-state index contributed by atoms with van der Waals surface area (Å²) < 4.78 is 13.4. The Morgan fingerprint density at radius 1 is 1.19 bits per heavy atom. The van der Waals surface area contributed by atoms with Crippen LogP contribution in [0.3, 0.4) is 0 Å². The number of benzene rings is 2. The third kappa shape index (κ3) is 5.06. The number of oxazole rings is 1. The van der Waals surface area contributed by atoms with Gasteiger partial charge < -0.3 is 19.4 Å². The van der Waals surface area contributed by atoms with E-state index in [9.17, 15) is 9.59 Å². The van der Waals surface area contributed by atoms with E-state index in [1.54, 1.807) is 34.9 Å². The lowest BCUT2D eigenvalue weighted by Crippen LogP contribution is -2.23. The minimum absolute atomic E-state index is 0.323. The average Bonchev–Trinajstić information content (AvgIpc) is 3.07. The Balaban J connectivity index is 1.48. The minimum atomic E-state index is -0.421. The fraction of sp³-hybridized carbons (Fsp3) is 0.174. The molecular formula is C23H21BrN4O4. The average molecular weight is 497 g/mol. The van der Waals surface area contributed by atoms with Crippen LogP contribution in [0.15, 0.2) is 74.5 Å². The molecule has 9 heteroatoms. The molecule has 0 bridgehead atoms. The number of aromatic nitrogens is 2. The van der Waals surface area contributed by atoms with Gasteiger partial charge in [-0.1, -0.05) is 22.0 Å². The molecule has 0 aliphatic rings. The maximum absolute atomic E-state index is 12.7. The molecule has 0 saturated heterocycles. The summed E-state index contributed by atoms with van der Waals surface area (Å²) in [6.07, 6.45) is 1.45. The highest BCUT2D eigenvalue weighted by Crippen LogP contribution is 2.23. The first-order chi connectivity index (χ1) is 15.4. The van der Waals surface area contributed by atoms with Crippen LogP contribution in [0.4, 0.5) is 5.69 Å². The summed E-state index contributed by atoms with van der Waals surface area (Å²) in [6, 6.07) is 15.8. The molecular weight excluding hydrogens is 476 g/mol. The van der Waals surface area contributed by atoms with Crippen molar-refractivity contribution in [1.82, 2.24) is 14.5 Å². The highest BCUT2D eigenvalue weighted by atomic mass is 79.9. The zero-order chi connectivity index (χ0) is 22.7. The van der Waals surface area contributed by atoms with Crippen molar-refractivity contribution in [2.75, 3.05) is 26.0 Å². The molecule has 0 radical (unpaired) electrons. The number of anilines is 1. The molecule has 0 aliphatic heterocycles. The van der Waals surface area contributed by atoms with Gasteiger partial charge in [0.05, 0.1) is 11.1 Å². The molecule has 1 N–H and O–H groups in total. The van der Waals surface area contributed by atoms with Crippen molar-refractivity contribution >= 4 is 38.6 Å². The van der Waals surface area contributed by atoms with Gasteiger partial charge in [-0.15, -0.1) is 0 Å². The predicted octanol–water partition coefficient (Wildman–Crippen LogP) is 4.36. The van der Waals surface area contributed by atoms with E-state index < -0.39 is 5.76 Å². The second-order valence-corrected chi connectivity index (χ2v) is 8.32. The number of halogens is 1. The van der Waals surface area contributed by atoms with Gasteiger partial charge in [-0.25, -0.2) is 9.78 Å². The van der Waals surface area contributed by atoms with E-state index in [0.717, 1.165) is 4.47 Å². The van der Waals surface area contributed by atoms with E-state index in [1.165, 1.54) is 6.20 Å². The maximum atomic E-state index is 12.7. The van der Waals surface area contributed by atoms with Crippen molar-refractivity contribution in [1.29, 1.82) is 0 Å². The molecule has 1 amide bonds. The zero-order valence-electron chi connectivity index (χ0n) is 17.5. The summed E-state index contributed by atoms with van der Waals surface area (Å²) in [5.41, 5.74) is 2.04. The fourth-order valence-electron chi connectivity index (χ4n) is 3.08. The monoisotopic (exact) mass is 496 g/mol. The number of nitrogens with one attached hydrogen (secondary N) is 1. The lowest BCUT2D eigenvalue weighted by molar-refractivity contribution is 0.102. The molecule has 0 saturated carbocycles. The molecule has 2 aromatic carbocycles. The lowest BCUT2D eigenvalue weighted by atomic mass is 10.2. The second-order valence-electron chi connectivity index (χ2n) is 7.40. The number of pyridine rings is 1. The number of fused-ring (bicyclic) bond motifs is 1. The standard InChI is InChI=1S/C23H21BrN4O4/c1-27(2)10-11-28-19-13-17(7-8-20(19)32-23(28)30)26-22(29)15-6-9-21(25-14-15)31-18-5-3-4-16(24)12-18/h3-9,12-14H,10-11H2,1-2H3,(H,26,29). The highest BCUT2D eigenvalue weighted by Gasteiger charge is 2.13. The third-order valence-corrected chi connectivity index (χ3v) is 5.21. The van der Waals surface area contributed by atoms with E-state index in [-0.39, 0.29) is 5.91 Å². The Morgan fingerprint density at radius 2 is 2.03 bits per heavy atom. The topological polar surface area (TPSA) is 89.6 Å². The number of carbonyl (C=O) groups excluding carboxylic acids is 1. The summed E-state index contributed by atoms with van der Waals surface area (Å²) in [5, 5.41) is 2.83. The van der Waals surface area contributed by atoms with Gasteiger partial charge in [-0.05, 0) is 56.6 Å². The first-order valence-electron chi connectivity index (χ1n) is 9.88. The third-order valence-electron chi connectivity index (χ3n) is 4.71. The number of likely N-dealkylation sites (N-methyl/N-ethyl adjacent to an activating group) is 1. The second kappa shape index (κ2) is 9.37. The fourth-order valence-corrected chi connectivity index (χ4v) is 3.46. The number of nitrogens with zero attached hydrogens (tertiary/aromatic N) is 3. The molecule has 164 valence electrons. The van der Waals surface area contributed by atoms with Gasteiger partial charge in [0.2, 0.25) is 5.88 Å². The van der Waals surface area contributed by atoms with Crippen LogP contribution >= 0.6 is 15.9 Å². The Bertz CT molecular complexity index is 1310. The number of ether oxygens (including phenoxy) is 1. The highest BCUT2D eigenvalue weighted by molar-refractivity contribution is 9.10. The molecule has 0 spiro atoms. The predicted molar refractivity (Wildman–Crippen MR) is 125 cm³/mol. The van der Waals surface area contributed by atoms with E-state index in [2.05, 4.69) is 26.2 Å². The Kier molecular flexibility index (Phi) is 6.38. The maximum Gasteiger partial charge on any atom is 0.419 e. The Morgan fingerprint density at radius 3 is 2.75 bits per heavy atom. The molecule has 0 atom stereocenters. The molecule has 8 nitrogen and oxygen atoms in total. The lowest BCUT2D eigenvalue weighted by Gasteiger charge is -2.10. The van der Waals surface area contributed by atoms with Gasteiger partial charge in [0.25, 0.3) is 5.91 Å². The molecule has 0 aliphatic carbocycles. The molecule has 4 aromatic rings. The first kappa shape index (κ1) is 21.8. The van der Waals surface area contributed by atoms with Gasteiger partial charge in [-0.2, -0.15) is 0 Å². The van der Waals surface area contributed by atoms with Crippen molar-refractivity contribution in [2.24, 2.45) is 0 Å². The summed E-state index contributed by atoms with van der Waals surface area (Å²) in [7, 11) is 3.87. The molecule has 0 fully saturated rings. The number of amides is 1. The van der Waals surface area contributed by atoms with Crippen molar-refractivity contribution in [3.8, 4) is 11.6 Å². The van der Waals surface area contributed by atoms with Gasteiger partial charge in [-0.3, -0.25) is 9.36 Å². The van der Waals surface area contributed by atoms with Crippen LogP contribution in [0.2, 0.25) is 0 Å². The van der Waals surface area contributed by atoms with E-state index in [0.29, 0.717) is 47.1 Å². The van der Waals surface area contributed by atoms with E-state index in [1.807, 2.05) is 43.3 Å². The van der Waals surface area contributed by atoms with Crippen molar-refractivity contribution < 1.29 is 13.9 Å². The SMILES string of the molecule is CN(C)CCn1c(=O)oc2ccc(NC(=O)c3ccc(Oc4cccc(Br)c4)nc3)cc21. The van der Waals surface area contributed by atoms with Gasteiger partial charge >= 0.3 is 5.76 Å². The van der Waals surface area contributed by atoms with Crippen molar-refractivity contribution in [2.45, 2.75) is 6.54 Å². The minimum Gasteiger partial charge on any atom is -0.439 e. The van der Waals surface area contributed by atoms with Crippen LogP contribution < -0.4 is 15.8 Å². The zero-order valence-corrected chi connectivity index (χ0v) is 19.1. The van der Waals surface area contributed by atoms with Crippen molar-refractivity contribution in [3.63, 3.8) is 0 Å². The van der Waals surface area contributed by atoms with Crippen LogP contribution in [0.5, 0.6) is 11.6 Å².